The van der Waals surface area contributed by atoms with E-state index in [4.69, 9.17) is 4.74 Å². The van der Waals surface area contributed by atoms with Crippen LogP contribution < -0.4 is 5.32 Å². The fourth-order valence-electron chi connectivity index (χ4n) is 3.05. The molecular weight excluding hydrogens is 350 g/mol. The highest BCUT2D eigenvalue weighted by Gasteiger charge is 2.19. The molecule has 0 bridgehead atoms. The summed E-state index contributed by atoms with van der Waals surface area (Å²) < 4.78 is 7.34. The minimum Gasteiger partial charge on any atom is -0.376 e. The maximum absolute atomic E-state index is 12.4. The highest BCUT2D eigenvalue weighted by Crippen LogP contribution is 2.24. The van der Waals surface area contributed by atoms with E-state index in [0.29, 0.717) is 11.7 Å². The number of carbonyl (C=O) groups is 1. The zero-order valence-electron chi connectivity index (χ0n) is 14.2. The number of aromatic nitrogens is 4. The smallest absolute Gasteiger partial charge is 0.234 e. The summed E-state index contributed by atoms with van der Waals surface area (Å²) in [6.07, 6.45) is 2.25. The van der Waals surface area contributed by atoms with E-state index in [0.717, 1.165) is 35.9 Å². The van der Waals surface area contributed by atoms with Crippen molar-refractivity contribution in [1.82, 2.24) is 20.2 Å². The molecule has 3 aromatic rings. The van der Waals surface area contributed by atoms with Crippen LogP contribution >= 0.6 is 11.8 Å². The first-order chi connectivity index (χ1) is 12.8. The molecule has 4 rings (SSSR count). The first-order valence-corrected chi connectivity index (χ1v) is 9.56. The number of rotatable bonds is 6. The lowest BCUT2D eigenvalue weighted by atomic mass is 10.1. The number of fused-ring (bicyclic) bond motifs is 1. The van der Waals surface area contributed by atoms with E-state index in [2.05, 4.69) is 20.8 Å². The Bertz CT molecular complexity index is 902. The Hall–Kier alpha value is -2.45. The number of anilines is 1. The highest BCUT2D eigenvalue weighted by molar-refractivity contribution is 7.99. The molecule has 1 aliphatic rings. The number of ether oxygens (including phenoxy) is 1. The lowest BCUT2D eigenvalue weighted by Gasteiger charge is -2.10. The average Bonchev–Trinajstić information content (AvgIpc) is 3.33. The Kier molecular flexibility index (Phi) is 5.12. The van der Waals surface area contributed by atoms with Crippen LogP contribution in [0.1, 0.15) is 12.8 Å². The second-order valence-electron chi connectivity index (χ2n) is 6.14. The quantitative estimate of drug-likeness (QED) is 0.673. The van der Waals surface area contributed by atoms with E-state index in [1.165, 1.54) is 11.8 Å². The van der Waals surface area contributed by atoms with Gasteiger partial charge < -0.3 is 10.1 Å². The Morgan fingerprint density at radius 3 is 3.04 bits per heavy atom. The number of amides is 1. The molecule has 1 aromatic heterocycles. The van der Waals surface area contributed by atoms with Gasteiger partial charge in [-0.15, -0.1) is 5.10 Å². The largest absolute Gasteiger partial charge is 0.376 e. The molecule has 0 saturated carbocycles. The molecule has 134 valence electrons. The first-order valence-electron chi connectivity index (χ1n) is 8.58. The summed E-state index contributed by atoms with van der Waals surface area (Å²) in [6.45, 7) is 1.42. The van der Waals surface area contributed by atoms with Crippen LogP contribution in [0.4, 0.5) is 5.69 Å². The summed E-state index contributed by atoms with van der Waals surface area (Å²) in [5.74, 6) is 0.160. The summed E-state index contributed by atoms with van der Waals surface area (Å²) in [6, 6.07) is 13.8. The number of nitrogens with zero attached hydrogens (tertiary/aromatic N) is 4. The SMILES string of the molecule is O=C(CSc1nnnn1CC1CCCO1)Nc1cccc2ccccc12. The second-order valence-corrected chi connectivity index (χ2v) is 7.08. The van der Waals surface area contributed by atoms with E-state index in [1.807, 2.05) is 42.5 Å². The monoisotopic (exact) mass is 369 g/mol. The van der Waals surface area contributed by atoms with Crippen LogP contribution in [0.5, 0.6) is 0 Å². The lowest BCUT2D eigenvalue weighted by Crippen LogP contribution is -2.18. The standard InChI is InChI=1S/C18H19N5O2S/c24-17(19-16-9-3-6-13-5-1-2-8-15(13)16)12-26-18-20-21-22-23(18)11-14-7-4-10-25-14/h1-3,5-6,8-9,14H,4,7,10-12H2,(H,19,24). The number of hydrogen-bond acceptors (Lipinski definition) is 6. The molecule has 2 heterocycles. The topological polar surface area (TPSA) is 81.9 Å². The number of hydrogen-bond donors (Lipinski definition) is 1. The van der Waals surface area contributed by atoms with Crippen molar-refractivity contribution in [2.24, 2.45) is 0 Å². The van der Waals surface area contributed by atoms with Crippen molar-refractivity contribution in [2.45, 2.75) is 30.6 Å². The second kappa shape index (κ2) is 7.84. The molecule has 7 nitrogen and oxygen atoms in total. The minimum absolute atomic E-state index is 0.0852. The van der Waals surface area contributed by atoms with Crippen molar-refractivity contribution in [1.29, 1.82) is 0 Å². The maximum Gasteiger partial charge on any atom is 0.234 e. The van der Waals surface area contributed by atoms with Crippen LogP contribution in [0.3, 0.4) is 0 Å². The molecule has 1 aliphatic heterocycles. The van der Waals surface area contributed by atoms with Crippen LogP contribution in [0.25, 0.3) is 10.8 Å². The van der Waals surface area contributed by atoms with Gasteiger partial charge in [0.1, 0.15) is 0 Å². The summed E-state index contributed by atoms with van der Waals surface area (Å²) in [5, 5.41) is 17.5. The van der Waals surface area contributed by atoms with E-state index >= 15 is 0 Å². The summed E-state index contributed by atoms with van der Waals surface area (Å²) in [5.41, 5.74) is 0.813. The van der Waals surface area contributed by atoms with Gasteiger partial charge in [-0.3, -0.25) is 4.79 Å². The van der Waals surface area contributed by atoms with Gasteiger partial charge >= 0.3 is 0 Å². The van der Waals surface area contributed by atoms with Crippen molar-refractivity contribution >= 4 is 34.1 Å². The molecule has 1 atom stereocenters. The molecule has 1 saturated heterocycles. The van der Waals surface area contributed by atoms with E-state index in [-0.39, 0.29) is 17.8 Å². The molecule has 1 fully saturated rings. The Morgan fingerprint density at radius 1 is 1.27 bits per heavy atom. The van der Waals surface area contributed by atoms with Gasteiger partial charge in [-0.25, -0.2) is 4.68 Å². The molecule has 1 amide bonds. The van der Waals surface area contributed by atoms with E-state index in [9.17, 15) is 4.79 Å². The van der Waals surface area contributed by atoms with E-state index < -0.39 is 0 Å². The number of tetrazole rings is 1. The molecule has 0 aliphatic carbocycles. The first kappa shape index (κ1) is 17.0. The molecule has 8 heteroatoms. The van der Waals surface area contributed by atoms with Gasteiger partial charge in [0.2, 0.25) is 11.1 Å². The molecule has 2 aromatic carbocycles. The normalized spacial score (nSPS) is 16.8. The molecule has 26 heavy (non-hydrogen) atoms. The molecule has 0 spiro atoms. The lowest BCUT2D eigenvalue weighted by molar-refractivity contribution is -0.113. The third-order valence-electron chi connectivity index (χ3n) is 4.30. The van der Waals surface area contributed by atoms with Crippen molar-refractivity contribution in [3.05, 3.63) is 42.5 Å². The Morgan fingerprint density at radius 2 is 2.15 bits per heavy atom. The Labute approximate surface area is 155 Å². The van der Waals surface area contributed by atoms with Crippen LogP contribution in [0.15, 0.2) is 47.6 Å². The zero-order chi connectivity index (χ0) is 17.8. The van der Waals surface area contributed by atoms with Crippen LogP contribution in [0.2, 0.25) is 0 Å². The highest BCUT2D eigenvalue weighted by atomic mass is 32.2. The fourth-order valence-corrected chi connectivity index (χ4v) is 3.73. The summed E-state index contributed by atoms with van der Waals surface area (Å²) in [4.78, 5) is 12.4. The fraction of sp³-hybridized carbons (Fsp3) is 0.333. The van der Waals surface area contributed by atoms with Crippen molar-refractivity contribution in [3.63, 3.8) is 0 Å². The van der Waals surface area contributed by atoms with Gasteiger partial charge in [-0.05, 0) is 34.7 Å². The third kappa shape index (κ3) is 3.86. The number of carbonyl (C=O) groups excluding carboxylic acids is 1. The van der Waals surface area contributed by atoms with Gasteiger partial charge in [0.05, 0.1) is 18.4 Å². The van der Waals surface area contributed by atoms with Gasteiger partial charge in [0, 0.05) is 17.7 Å². The average molecular weight is 369 g/mol. The minimum atomic E-state index is -0.0852. The van der Waals surface area contributed by atoms with Gasteiger partial charge in [-0.1, -0.05) is 48.2 Å². The molecule has 1 unspecified atom stereocenters. The Balaban J connectivity index is 1.38. The molecule has 1 N–H and O–H groups in total. The number of benzene rings is 2. The summed E-state index contributed by atoms with van der Waals surface area (Å²) in [7, 11) is 0. The van der Waals surface area contributed by atoms with Crippen molar-refractivity contribution in [3.8, 4) is 0 Å². The van der Waals surface area contributed by atoms with Gasteiger partial charge in [0.25, 0.3) is 0 Å². The van der Waals surface area contributed by atoms with Crippen LogP contribution in [0, 0.1) is 0 Å². The van der Waals surface area contributed by atoms with Gasteiger partial charge in [-0.2, -0.15) is 0 Å². The zero-order valence-corrected chi connectivity index (χ0v) is 15.0. The molecule has 0 radical (unpaired) electrons. The van der Waals surface area contributed by atoms with E-state index in [1.54, 1.807) is 4.68 Å². The maximum atomic E-state index is 12.4. The molecular formula is C18H19N5O2S. The van der Waals surface area contributed by atoms with Crippen molar-refractivity contribution in [2.75, 3.05) is 17.7 Å². The summed E-state index contributed by atoms with van der Waals surface area (Å²) >= 11 is 1.33. The van der Waals surface area contributed by atoms with Crippen LogP contribution in [-0.2, 0) is 16.1 Å². The number of thioether (sulfide) groups is 1. The predicted octanol–water partition coefficient (Wildman–Crippen LogP) is 2.74. The predicted molar refractivity (Wildman–Crippen MR) is 100 cm³/mol. The van der Waals surface area contributed by atoms with Gasteiger partial charge in [0.15, 0.2) is 0 Å². The van der Waals surface area contributed by atoms with Crippen LogP contribution in [-0.4, -0.2) is 44.6 Å². The van der Waals surface area contributed by atoms with Crippen molar-refractivity contribution < 1.29 is 9.53 Å². The third-order valence-corrected chi connectivity index (χ3v) is 5.25. The number of nitrogens with one attached hydrogen (secondary N) is 1.